The molecule has 5 heterocycles. The molecule has 1 atom stereocenters. The Labute approximate surface area is 266 Å². The number of carbonyl (C=O) groups excluding carboxylic acids is 2. The second kappa shape index (κ2) is 15.3. The first kappa shape index (κ1) is 33.7. The molecule has 0 aromatic carbocycles. The molecule has 3 aliphatic rings. The number of likely N-dealkylation sites (tertiary alicyclic amines) is 1. The number of rotatable bonds is 13. The number of sulfonamides is 1. The Morgan fingerprint density at radius 3 is 2.37 bits per heavy atom. The van der Waals surface area contributed by atoms with Gasteiger partial charge in [0.2, 0.25) is 27.8 Å². The zero-order valence-electron chi connectivity index (χ0n) is 25.7. The van der Waals surface area contributed by atoms with Gasteiger partial charge in [-0.3, -0.25) is 19.9 Å². The van der Waals surface area contributed by atoms with Crippen LogP contribution < -0.4 is 25.4 Å². The molecule has 3 fully saturated rings. The number of hydrogen-bond donors (Lipinski definition) is 3. The van der Waals surface area contributed by atoms with E-state index in [4.69, 9.17) is 4.74 Å². The van der Waals surface area contributed by atoms with Crippen LogP contribution in [0.3, 0.4) is 0 Å². The van der Waals surface area contributed by atoms with Crippen molar-refractivity contribution in [1.82, 2.24) is 29.5 Å². The SMILES string of the molecule is COc1cc(C2CCN(CCCS(=O)(=O)N3CCC(Nc4ncc(OC(F)F)cn4)CC3)CC2)ncc1NC1CCC(=O)NC1=O. The summed E-state index contributed by atoms with van der Waals surface area (Å²) in [5.74, 6) is 0.432. The van der Waals surface area contributed by atoms with Gasteiger partial charge in [0.05, 0.1) is 37.1 Å². The zero-order valence-corrected chi connectivity index (χ0v) is 26.5. The molecule has 1 unspecified atom stereocenters. The number of anilines is 2. The summed E-state index contributed by atoms with van der Waals surface area (Å²) in [5.41, 5.74) is 1.51. The fourth-order valence-corrected chi connectivity index (χ4v) is 7.56. The zero-order chi connectivity index (χ0) is 32.7. The van der Waals surface area contributed by atoms with Crippen LogP contribution in [0, 0.1) is 0 Å². The maximum atomic E-state index is 13.0. The van der Waals surface area contributed by atoms with Crippen molar-refractivity contribution in [3.05, 3.63) is 30.4 Å². The van der Waals surface area contributed by atoms with Crippen LogP contribution >= 0.6 is 0 Å². The number of pyridine rings is 1. The van der Waals surface area contributed by atoms with Crippen LogP contribution in [0.25, 0.3) is 0 Å². The number of imide groups is 1. The fraction of sp³-hybridized carbons (Fsp3) is 0.621. The smallest absolute Gasteiger partial charge is 0.387 e. The molecule has 14 nitrogen and oxygen atoms in total. The molecule has 0 spiro atoms. The molecule has 17 heteroatoms. The minimum atomic E-state index is -3.39. The molecule has 3 aliphatic heterocycles. The molecule has 2 aromatic rings. The summed E-state index contributed by atoms with van der Waals surface area (Å²) in [6.45, 7) is 0.182. The normalized spacial score (nSPS) is 20.8. The lowest BCUT2D eigenvalue weighted by molar-refractivity contribution is -0.133. The van der Waals surface area contributed by atoms with Crippen molar-refractivity contribution in [3.8, 4) is 11.5 Å². The van der Waals surface area contributed by atoms with Crippen molar-refractivity contribution < 1.29 is 36.3 Å². The predicted octanol–water partition coefficient (Wildman–Crippen LogP) is 2.17. The second-order valence-electron chi connectivity index (χ2n) is 11.7. The molecule has 0 saturated carbocycles. The van der Waals surface area contributed by atoms with E-state index >= 15 is 0 Å². The highest BCUT2D eigenvalue weighted by molar-refractivity contribution is 7.89. The molecule has 3 saturated heterocycles. The van der Waals surface area contributed by atoms with E-state index in [2.05, 4.69) is 40.5 Å². The molecule has 252 valence electrons. The van der Waals surface area contributed by atoms with Crippen molar-refractivity contribution >= 4 is 33.5 Å². The van der Waals surface area contributed by atoms with Gasteiger partial charge in [0, 0.05) is 43.2 Å². The number of aromatic nitrogens is 3. The molecule has 0 bridgehead atoms. The van der Waals surface area contributed by atoms with E-state index in [1.165, 1.54) is 16.7 Å². The van der Waals surface area contributed by atoms with E-state index in [-0.39, 0.29) is 47.6 Å². The lowest BCUT2D eigenvalue weighted by atomic mass is 9.92. The third-order valence-electron chi connectivity index (χ3n) is 8.59. The summed E-state index contributed by atoms with van der Waals surface area (Å²) in [6, 6.07) is 1.34. The van der Waals surface area contributed by atoms with Gasteiger partial charge in [-0.2, -0.15) is 8.78 Å². The Morgan fingerprint density at radius 1 is 1.00 bits per heavy atom. The first-order valence-corrected chi connectivity index (χ1v) is 17.1. The summed E-state index contributed by atoms with van der Waals surface area (Å²) in [6.07, 6.45) is 8.16. The van der Waals surface area contributed by atoms with Crippen LogP contribution in [0.2, 0.25) is 0 Å². The Balaban J connectivity index is 1.02. The van der Waals surface area contributed by atoms with Crippen molar-refractivity contribution in [2.75, 3.05) is 56.2 Å². The molecule has 46 heavy (non-hydrogen) atoms. The van der Waals surface area contributed by atoms with Gasteiger partial charge in [0.1, 0.15) is 11.8 Å². The highest BCUT2D eigenvalue weighted by Gasteiger charge is 2.30. The molecule has 2 aromatic heterocycles. The second-order valence-corrected chi connectivity index (χ2v) is 13.8. The molecular formula is C29H40F2N8O6S. The van der Waals surface area contributed by atoms with E-state index in [0.29, 0.717) is 56.8 Å². The Hall–Kier alpha value is -3.70. The monoisotopic (exact) mass is 666 g/mol. The maximum Gasteiger partial charge on any atom is 0.387 e. The number of nitrogens with one attached hydrogen (secondary N) is 3. The lowest BCUT2D eigenvalue weighted by Crippen LogP contribution is -2.47. The number of halogens is 2. The average molecular weight is 667 g/mol. The standard InChI is InChI=1S/C29H40F2N8O6S/c1-44-25-15-23(32-18-24(25)36-22-3-4-26(40)37-27(22)41)19-5-10-38(11-6-19)9-2-14-46(42,43)39-12-7-20(8-13-39)35-29-33-16-21(17-34-29)45-28(30)31/h15-20,22,28,36H,2-14H2,1H3,(H,33,34,35)(H,37,40,41). The largest absolute Gasteiger partial charge is 0.494 e. The minimum absolute atomic E-state index is 0.0260. The first-order chi connectivity index (χ1) is 22.1. The number of methoxy groups -OCH3 is 1. The summed E-state index contributed by atoms with van der Waals surface area (Å²) < 4.78 is 62.0. The van der Waals surface area contributed by atoms with E-state index in [0.717, 1.165) is 31.6 Å². The topological polar surface area (TPSA) is 168 Å². The number of amides is 2. The summed E-state index contributed by atoms with van der Waals surface area (Å²) in [5, 5.41) is 8.61. The Bertz CT molecular complexity index is 1450. The maximum absolute atomic E-state index is 13.0. The van der Waals surface area contributed by atoms with Crippen LogP contribution in [0.1, 0.15) is 56.6 Å². The Kier molecular flexibility index (Phi) is 11.2. The molecule has 2 amide bonds. The van der Waals surface area contributed by atoms with Crippen molar-refractivity contribution in [2.45, 2.75) is 69.6 Å². The molecule has 0 aliphatic carbocycles. The molecular weight excluding hydrogens is 626 g/mol. The number of piperidine rings is 3. The molecule has 5 rings (SSSR count). The van der Waals surface area contributed by atoms with Gasteiger partial charge < -0.3 is 25.0 Å². The van der Waals surface area contributed by atoms with Crippen LogP contribution in [-0.4, -0.2) is 109 Å². The van der Waals surface area contributed by atoms with Gasteiger partial charge in [0.25, 0.3) is 0 Å². The van der Waals surface area contributed by atoms with Gasteiger partial charge in [-0.05, 0) is 58.2 Å². The van der Waals surface area contributed by atoms with Crippen molar-refractivity contribution in [3.63, 3.8) is 0 Å². The van der Waals surface area contributed by atoms with E-state index in [9.17, 15) is 26.8 Å². The van der Waals surface area contributed by atoms with Gasteiger partial charge in [-0.25, -0.2) is 22.7 Å². The average Bonchev–Trinajstić information content (AvgIpc) is 3.04. The van der Waals surface area contributed by atoms with Crippen LogP contribution in [0.4, 0.5) is 20.4 Å². The van der Waals surface area contributed by atoms with Gasteiger partial charge >= 0.3 is 6.61 Å². The summed E-state index contributed by atoms with van der Waals surface area (Å²) in [4.78, 5) is 38.5. The van der Waals surface area contributed by atoms with Crippen LogP contribution in [0.15, 0.2) is 24.7 Å². The van der Waals surface area contributed by atoms with Gasteiger partial charge in [0.15, 0.2) is 5.75 Å². The number of hydrogen-bond acceptors (Lipinski definition) is 12. The van der Waals surface area contributed by atoms with Crippen LogP contribution in [0.5, 0.6) is 11.5 Å². The van der Waals surface area contributed by atoms with Crippen molar-refractivity contribution in [1.29, 1.82) is 0 Å². The number of nitrogens with zero attached hydrogens (tertiary/aromatic N) is 5. The summed E-state index contributed by atoms with van der Waals surface area (Å²) >= 11 is 0. The minimum Gasteiger partial charge on any atom is -0.494 e. The van der Waals surface area contributed by atoms with Gasteiger partial charge in [-0.15, -0.1) is 0 Å². The number of carbonyl (C=O) groups is 2. The molecule has 0 radical (unpaired) electrons. The van der Waals surface area contributed by atoms with Crippen molar-refractivity contribution in [2.24, 2.45) is 0 Å². The fourth-order valence-electron chi connectivity index (χ4n) is 6.04. The number of ether oxygens (including phenoxy) is 2. The third kappa shape index (κ3) is 8.97. The van der Waals surface area contributed by atoms with Crippen LogP contribution in [-0.2, 0) is 19.6 Å². The molecule has 3 N–H and O–H groups in total. The first-order valence-electron chi connectivity index (χ1n) is 15.5. The lowest BCUT2D eigenvalue weighted by Gasteiger charge is -2.33. The van der Waals surface area contributed by atoms with E-state index in [1.807, 2.05) is 6.07 Å². The third-order valence-corrected chi connectivity index (χ3v) is 10.5. The highest BCUT2D eigenvalue weighted by Crippen LogP contribution is 2.33. The van der Waals surface area contributed by atoms with E-state index in [1.54, 1.807) is 13.3 Å². The summed E-state index contributed by atoms with van der Waals surface area (Å²) in [7, 11) is -1.82. The quantitative estimate of drug-likeness (QED) is 0.267. The number of alkyl halides is 2. The predicted molar refractivity (Wildman–Crippen MR) is 164 cm³/mol. The highest BCUT2D eigenvalue weighted by atomic mass is 32.2. The van der Waals surface area contributed by atoms with E-state index < -0.39 is 22.7 Å². The Morgan fingerprint density at radius 2 is 1.72 bits per heavy atom. The van der Waals surface area contributed by atoms with Gasteiger partial charge in [-0.1, -0.05) is 0 Å².